The number of carbonyl (C=O) groups excluding carboxylic acids is 1. The van der Waals surface area contributed by atoms with Gasteiger partial charge < -0.3 is 79.3 Å². The number of ether oxygens (including phenoxy) is 2. The molecule has 0 saturated heterocycles. The van der Waals surface area contributed by atoms with Crippen LogP contribution in [0.5, 0.6) is 5.75 Å². The Kier molecular flexibility index (Phi) is 21.6. The molecule has 6 N–H and O–H groups in total. The second-order valence-corrected chi connectivity index (χ2v) is 43.4. The molecule has 1 radical (unpaired) electrons. The first-order chi connectivity index (χ1) is 48.6. The summed E-state index contributed by atoms with van der Waals surface area (Å²) in [6.45, 7) is 11.6. The quantitative estimate of drug-likeness (QED) is 0.0153. The number of hydrogen-bond donors (Lipinski definition) is 5. The fourth-order valence-electron chi connectivity index (χ4n) is 12.5. The van der Waals surface area contributed by atoms with Crippen molar-refractivity contribution in [3.05, 3.63) is 121 Å². The predicted molar refractivity (Wildman–Crippen MR) is 378 cm³/mol. The third kappa shape index (κ3) is 17.1. The van der Waals surface area contributed by atoms with Crippen molar-refractivity contribution in [3.63, 3.8) is 0 Å². The second kappa shape index (κ2) is 29.7. The Hall–Kier alpha value is -9.34. The van der Waals surface area contributed by atoms with Crippen molar-refractivity contribution in [3.8, 4) is 51.3 Å². The Bertz CT molecular complexity index is 5830. The summed E-state index contributed by atoms with van der Waals surface area (Å²) in [6, 6.07) is 28.0. The van der Waals surface area contributed by atoms with E-state index in [1.165, 1.54) is 54.2 Å². The van der Waals surface area contributed by atoms with E-state index in [1.807, 2.05) is 30.3 Å². The van der Waals surface area contributed by atoms with Crippen LogP contribution >= 0.6 is 0 Å². The Labute approximate surface area is 607 Å². The summed E-state index contributed by atoms with van der Waals surface area (Å²) in [5.41, 5.74) is 3.14. The number of aromatic nitrogens is 11. The molecule has 33 nitrogen and oxygen atoms in total. The number of anilines is 5. The van der Waals surface area contributed by atoms with Gasteiger partial charge in [-0.3, -0.25) is 9.52 Å². The first-order valence-corrected chi connectivity index (χ1v) is 45.4. The number of benzene rings is 6. The number of nitrogens with one attached hydrogen (secondary N) is 4. The van der Waals surface area contributed by atoms with Crippen molar-refractivity contribution in [2.75, 3.05) is 53.9 Å². The van der Waals surface area contributed by atoms with Gasteiger partial charge in [0.15, 0.2) is 0 Å². The average Bonchev–Trinajstić information content (AvgIpc) is 1.59. The van der Waals surface area contributed by atoms with Crippen LogP contribution in [-0.2, 0) is 77.1 Å². The molecular weight excluding hydrogens is 1530 g/mol. The van der Waals surface area contributed by atoms with E-state index in [0.717, 1.165) is 73.9 Å². The van der Waals surface area contributed by atoms with Gasteiger partial charge in [-0.1, -0.05) is 111 Å². The molecule has 104 heavy (non-hydrogen) atoms. The number of fused-ring (bicyclic) bond motifs is 20. The van der Waals surface area contributed by atoms with Gasteiger partial charge in [-0.05, 0) is 84.8 Å². The Morgan fingerprint density at radius 3 is 1.57 bits per heavy atom. The van der Waals surface area contributed by atoms with E-state index in [4.69, 9.17) is 15.2 Å². The van der Waals surface area contributed by atoms with E-state index >= 15 is 8.42 Å². The molecule has 0 aliphatic carbocycles. The molecule has 0 unspecified atom stereocenters. The molecule has 0 fully saturated rings. The molecule has 12 rings (SSSR count). The molecule has 41 heteroatoms. The zero-order valence-corrected chi connectivity index (χ0v) is 62.1. The van der Waals surface area contributed by atoms with E-state index in [9.17, 15) is 56.7 Å². The summed E-state index contributed by atoms with van der Waals surface area (Å²) >= 11 is 0. The average molecular weight is 1590 g/mol. The van der Waals surface area contributed by atoms with Gasteiger partial charge in [-0.25, -0.2) is 52.1 Å². The van der Waals surface area contributed by atoms with Crippen molar-refractivity contribution in [2.45, 2.75) is 87.7 Å². The fourth-order valence-corrected chi connectivity index (χ4v) is 30.5. The second-order valence-electron chi connectivity index (χ2n) is 25.3. The van der Waals surface area contributed by atoms with Gasteiger partial charge in [0.2, 0.25) is 17.8 Å². The molecule has 0 spiro atoms. The van der Waals surface area contributed by atoms with Crippen LogP contribution in [0.1, 0.15) is 19.3 Å². The zero-order chi connectivity index (χ0) is 73.6. The summed E-state index contributed by atoms with van der Waals surface area (Å²) in [7, 11) is -29.9. The standard InChI is InChI=1S/C63H64N16O17S5Si2.Cu/c1-102(2,32-12-27-65-29-26-48(80)96-31-30-95-37-14-6-5-7-15-37)35-103(3,4)33-13-28-66-62-76-61(64)77-63(78-62)67-42-34-36(24-25-43(42)98(83,84)85)79-97(81,82)44-20-8-16-38-49(44)57-68-53(38)70-58-51-40(18-10-22-46(51)100(89,90)91)55(72-58)74-60-52-41(19-11-23-47(52)101(92,93)94)56(75-60)73-59-50-39(54(69-57)71-59)17-9-21-45(50)99(86,87)88;/h5-11,14-25,34,65,79H,12-13,26-33,35H2,1-4H3,(H8-2,64,66,67,68,69,70,71,72,73,74,75,76,77,78,83,84,85,86,87,88,89,90,91,92,93,94);/q-2;+2/p-4. The summed E-state index contributed by atoms with van der Waals surface area (Å²) in [6.07, 6.45) is 1.95. The maximum Gasteiger partial charge on any atom is 2.00 e. The molecule has 8 bridgehead atoms. The van der Waals surface area contributed by atoms with Gasteiger partial charge in [0, 0.05) is 84.9 Å². The molecule has 0 amide bonds. The molecule has 2 aliphatic heterocycles. The summed E-state index contributed by atoms with van der Waals surface area (Å²) < 4.78 is 199. The van der Waals surface area contributed by atoms with E-state index in [1.54, 1.807) is 0 Å². The first-order valence-electron chi connectivity index (χ1n) is 31.4. The summed E-state index contributed by atoms with van der Waals surface area (Å²) in [5, 5.41) is 8.02. The van der Waals surface area contributed by atoms with Crippen molar-refractivity contribution in [1.29, 1.82) is 0 Å². The third-order valence-corrected chi connectivity index (χ3v) is 32.5. The molecule has 6 heterocycles. The molecule has 10 aromatic rings. The number of esters is 1. The molecule has 6 aromatic carbocycles. The topological polar surface area (TPSA) is 517 Å². The fraction of sp³-hybridized carbons (Fsp3) is 0.238. The number of carbonyl (C=O) groups is 1. The van der Waals surface area contributed by atoms with Crippen LogP contribution in [0.15, 0.2) is 146 Å². The Balaban J connectivity index is 0.0000108. The number of rotatable bonds is 27. The molecule has 0 saturated carbocycles. The maximum absolute atomic E-state index is 15.1. The molecule has 4 aromatic heterocycles. The minimum absolute atomic E-state index is 0. The van der Waals surface area contributed by atoms with E-state index in [0.29, 0.717) is 18.8 Å². The van der Waals surface area contributed by atoms with Crippen molar-refractivity contribution in [2.24, 2.45) is 0 Å². The van der Waals surface area contributed by atoms with E-state index in [2.05, 4.69) is 102 Å². The Morgan fingerprint density at radius 2 is 1.01 bits per heavy atom. The number of nitrogens with two attached hydrogens (primary N) is 1. The van der Waals surface area contributed by atoms with Gasteiger partial charge >= 0.3 is 23.0 Å². The van der Waals surface area contributed by atoms with Crippen LogP contribution < -0.4 is 41.1 Å². The number of hydrogen-bond acceptors (Lipinski definition) is 30. The number of para-hydroxylation sites is 1. The third-order valence-electron chi connectivity index (χ3n) is 16.5. The van der Waals surface area contributed by atoms with Crippen LogP contribution in [-0.4, -0.2) is 160 Å². The zero-order valence-electron chi connectivity index (χ0n) is 55.1. The number of nitrogen functional groups attached to an aromatic ring is 1. The van der Waals surface area contributed by atoms with Crippen LogP contribution in [0, 0.1) is 0 Å². The van der Waals surface area contributed by atoms with Crippen LogP contribution in [0.3, 0.4) is 0 Å². The van der Waals surface area contributed by atoms with Crippen LogP contribution in [0.4, 0.5) is 29.2 Å². The smallest absolute Gasteiger partial charge is 0.744 e. The summed E-state index contributed by atoms with van der Waals surface area (Å²) in [4.78, 5) is 56.9. The molecule has 547 valence electrons. The van der Waals surface area contributed by atoms with E-state index < -0.39 is 159 Å². The largest absolute Gasteiger partial charge is 2.00 e. The monoisotopic (exact) mass is 1590 g/mol. The molecule has 2 aliphatic rings. The normalized spacial score (nSPS) is 12.7. The molecule has 0 atom stereocenters. The van der Waals surface area contributed by atoms with Gasteiger partial charge in [-0.15, -0.1) is 0 Å². The van der Waals surface area contributed by atoms with Gasteiger partial charge in [0.05, 0.1) is 65.6 Å². The van der Waals surface area contributed by atoms with Crippen LogP contribution in [0.25, 0.3) is 89.7 Å². The summed E-state index contributed by atoms with van der Waals surface area (Å²) in [5.74, 6) is -2.30. The Morgan fingerprint density at radius 1 is 0.510 bits per heavy atom. The molecular formula is C63H60CuN16O17S5Si2-4. The number of nitrogens with zero attached hydrogens (tertiary/aromatic N) is 11. The van der Waals surface area contributed by atoms with Gasteiger partial charge in [0.25, 0.3) is 10.0 Å². The van der Waals surface area contributed by atoms with Crippen molar-refractivity contribution < 1.29 is 91.6 Å². The minimum Gasteiger partial charge on any atom is -0.744 e. The first kappa shape index (κ1) is 75.8. The van der Waals surface area contributed by atoms with E-state index in [-0.39, 0.29) is 93.5 Å². The minimum atomic E-state index is -5.40. The van der Waals surface area contributed by atoms with Crippen molar-refractivity contribution in [1.82, 2.24) is 60.1 Å². The van der Waals surface area contributed by atoms with Crippen LogP contribution in [0.2, 0.25) is 43.9 Å². The van der Waals surface area contributed by atoms with Crippen molar-refractivity contribution >= 4 is 146 Å². The van der Waals surface area contributed by atoms with Gasteiger partial charge in [0.1, 0.15) is 59.4 Å². The SMILES string of the molecule is C[Si](C)(CCCNCCC(=O)OCCOc1ccccc1)C[Si](C)(C)CCCNc1nc(N)nc(Nc2cc(NS(=O)(=O)c3cccc4c5nc6nc(nc7[n-]c(nc8nc(nc([n-]5)c34)-c3cccc(S(=O)(=O)[O-])c3-8)c3cccc(S(=O)(=O)[O-])c73)-c3cccc(S(=O)(=O)[O-])c3-6)ccc2S(=O)(=O)[O-])n1.[Cu+2]. The maximum atomic E-state index is 15.1. The predicted octanol–water partition coefficient (Wildman–Crippen LogP) is 6.80. The van der Waals surface area contributed by atoms with Gasteiger partial charge in [-0.2, -0.15) is 15.0 Å². The number of sulfonamides is 1.